The first kappa shape index (κ1) is 19.0. The highest BCUT2D eigenvalue weighted by molar-refractivity contribution is 5.81. The minimum absolute atomic E-state index is 0.0467. The normalized spacial score (nSPS) is 13.8. The van der Waals surface area contributed by atoms with Crippen LogP contribution in [0.4, 0.5) is 0 Å². The maximum atomic E-state index is 12.6. The van der Waals surface area contributed by atoms with Crippen molar-refractivity contribution in [3.8, 4) is 5.75 Å². The first-order chi connectivity index (χ1) is 11.8. The SMILES string of the molecule is CC[C@@H](Oc1ccc(C(C)(C)C)cc1)C(=O)N[C@@H](C)c1ccccc1. The van der Waals surface area contributed by atoms with Crippen LogP contribution in [0.15, 0.2) is 54.6 Å². The van der Waals surface area contributed by atoms with Gasteiger partial charge in [-0.15, -0.1) is 0 Å². The molecule has 1 N–H and O–H groups in total. The van der Waals surface area contributed by atoms with Gasteiger partial charge in [0.05, 0.1) is 6.04 Å². The predicted octanol–water partition coefficient (Wildman–Crippen LogP) is 5.02. The summed E-state index contributed by atoms with van der Waals surface area (Å²) in [6, 6.07) is 17.9. The number of hydrogen-bond acceptors (Lipinski definition) is 2. The molecular weight excluding hydrogens is 310 g/mol. The summed E-state index contributed by atoms with van der Waals surface area (Å²) in [6.45, 7) is 10.5. The van der Waals surface area contributed by atoms with Gasteiger partial charge >= 0.3 is 0 Å². The zero-order valence-electron chi connectivity index (χ0n) is 15.9. The molecule has 0 aliphatic carbocycles. The molecule has 0 radical (unpaired) electrons. The Balaban J connectivity index is 2.00. The Morgan fingerprint density at radius 1 is 1.04 bits per heavy atom. The van der Waals surface area contributed by atoms with Crippen LogP contribution in [-0.2, 0) is 10.2 Å². The van der Waals surface area contributed by atoms with Crippen LogP contribution in [0.1, 0.15) is 58.2 Å². The standard InChI is InChI=1S/C22H29NO2/c1-6-20(21(24)23-16(2)17-10-8-7-9-11-17)25-19-14-12-18(13-15-19)22(3,4)5/h7-16,20H,6H2,1-5H3,(H,23,24)/t16-,20+/m0/s1. The molecule has 0 aliphatic rings. The number of amides is 1. The lowest BCUT2D eigenvalue weighted by molar-refractivity contribution is -0.128. The van der Waals surface area contributed by atoms with Crippen molar-refractivity contribution in [2.45, 2.75) is 58.6 Å². The maximum Gasteiger partial charge on any atom is 0.261 e. The fourth-order valence-electron chi connectivity index (χ4n) is 2.65. The number of rotatable bonds is 6. The number of benzene rings is 2. The van der Waals surface area contributed by atoms with Gasteiger partial charge < -0.3 is 10.1 Å². The van der Waals surface area contributed by atoms with Crippen LogP contribution >= 0.6 is 0 Å². The summed E-state index contributed by atoms with van der Waals surface area (Å²) >= 11 is 0. The molecule has 3 heteroatoms. The molecule has 0 aliphatic heterocycles. The molecule has 0 saturated carbocycles. The van der Waals surface area contributed by atoms with Crippen molar-refractivity contribution in [3.63, 3.8) is 0 Å². The lowest BCUT2D eigenvalue weighted by Crippen LogP contribution is -2.39. The number of carbonyl (C=O) groups excluding carboxylic acids is 1. The van der Waals surface area contributed by atoms with Gasteiger partial charge in [0.1, 0.15) is 5.75 Å². The molecule has 0 fully saturated rings. The molecule has 2 aromatic carbocycles. The van der Waals surface area contributed by atoms with Crippen molar-refractivity contribution >= 4 is 5.91 Å². The lowest BCUT2D eigenvalue weighted by atomic mass is 9.87. The minimum Gasteiger partial charge on any atom is -0.481 e. The highest BCUT2D eigenvalue weighted by Gasteiger charge is 2.21. The average Bonchev–Trinajstić information content (AvgIpc) is 2.60. The highest BCUT2D eigenvalue weighted by Crippen LogP contribution is 2.25. The summed E-state index contributed by atoms with van der Waals surface area (Å²) in [5.41, 5.74) is 2.43. The summed E-state index contributed by atoms with van der Waals surface area (Å²) in [6.07, 6.45) is 0.126. The molecular formula is C22H29NO2. The van der Waals surface area contributed by atoms with E-state index in [9.17, 15) is 4.79 Å². The van der Waals surface area contributed by atoms with Crippen molar-refractivity contribution in [2.24, 2.45) is 0 Å². The van der Waals surface area contributed by atoms with Gasteiger partial charge in [-0.2, -0.15) is 0 Å². The number of hydrogen-bond donors (Lipinski definition) is 1. The van der Waals surface area contributed by atoms with Crippen LogP contribution in [0.5, 0.6) is 5.75 Å². The van der Waals surface area contributed by atoms with Crippen molar-refractivity contribution < 1.29 is 9.53 Å². The molecule has 0 aromatic heterocycles. The van der Waals surface area contributed by atoms with E-state index in [-0.39, 0.29) is 17.4 Å². The second kappa shape index (κ2) is 8.19. The van der Waals surface area contributed by atoms with Crippen molar-refractivity contribution in [1.29, 1.82) is 0 Å². The van der Waals surface area contributed by atoms with Gasteiger partial charge in [-0.25, -0.2) is 0 Å². The van der Waals surface area contributed by atoms with Crippen molar-refractivity contribution in [1.82, 2.24) is 5.32 Å². The van der Waals surface area contributed by atoms with E-state index in [1.165, 1.54) is 5.56 Å². The molecule has 0 unspecified atom stereocenters. The lowest BCUT2D eigenvalue weighted by Gasteiger charge is -2.22. The topological polar surface area (TPSA) is 38.3 Å². The molecule has 25 heavy (non-hydrogen) atoms. The van der Waals surface area contributed by atoms with Crippen LogP contribution < -0.4 is 10.1 Å². The van der Waals surface area contributed by atoms with E-state index in [0.29, 0.717) is 6.42 Å². The van der Waals surface area contributed by atoms with Crippen LogP contribution in [0.25, 0.3) is 0 Å². The van der Waals surface area contributed by atoms with Crippen LogP contribution in [0, 0.1) is 0 Å². The van der Waals surface area contributed by atoms with Crippen LogP contribution in [0.3, 0.4) is 0 Å². The average molecular weight is 339 g/mol. The van der Waals surface area contributed by atoms with E-state index in [2.05, 4.69) is 38.2 Å². The zero-order chi connectivity index (χ0) is 18.4. The molecule has 0 heterocycles. The number of nitrogens with one attached hydrogen (secondary N) is 1. The Hall–Kier alpha value is -2.29. The van der Waals surface area contributed by atoms with Gasteiger partial charge in [0.25, 0.3) is 5.91 Å². The molecule has 2 aromatic rings. The van der Waals surface area contributed by atoms with Gasteiger partial charge in [0.2, 0.25) is 0 Å². The Bertz CT molecular complexity index is 671. The largest absolute Gasteiger partial charge is 0.481 e. The summed E-state index contributed by atoms with van der Waals surface area (Å²) in [5, 5.41) is 3.04. The fourth-order valence-corrected chi connectivity index (χ4v) is 2.65. The van der Waals surface area contributed by atoms with Gasteiger partial charge in [0, 0.05) is 0 Å². The smallest absolute Gasteiger partial charge is 0.261 e. The van der Waals surface area contributed by atoms with Gasteiger partial charge in [0.15, 0.2) is 6.10 Å². The van der Waals surface area contributed by atoms with Crippen molar-refractivity contribution in [3.05, 3.63) is 65.7 Å². The molecule has 2 rings (SSSR count). The summed E-state index contributed by atoms with van der Waals surface area (Å²) < 4.78 is 5.92. The summed E-state index contributed by atoms with van der Waals surface area (Å²) in [7, 11) is 0. The first-order valence-electron chi connectivity index (χ1n) is 8.93. The quantitative estimate of drug-likeness (QED) is 0.802. The van der Waals surface area contributed by atoms with Gasteiger partial charge in [-0.05, 0) is 42.0 Å². The van der Waals surface area contributed by atoms with E-state index in [1.54, 1.807) is 0 Å². The molecule has 0 saturated heterocycles. The second-order valence-electron chi connectivity index (χ2n) is 7.43. The Morgan fingerprint density at radius 2 is 1.64 bits per heavy atom. The second-order valence-corrected chi connectivity index (χ2v) is 7.43. The van der Waals surface area contributed by atoms with Gasteiger partial charge in [-0.3, -0.25) is 4.79 Å². The van der Waals surface area contributed by atoms with E-state index in [1.807, 2.05) is 56.3 Å². The van der Waals surface area contributed by atoms with Crippen LogP contribution in [0.2, 0.25) is 0 Å². The monoisotopic (exact) mass is 339 g/mol. The minimum atomic E-state index is -0.494. The molecule has 3 nitrogen and oxygen atoms in total. The number of carbonyl (C=O) groups is 1. The fraction of sp³-hybridized carbons (Fsp3) is 0.409. The first-order valence-corrected chi connectivity index (χ1v) is 8.93. The molecule has 1 amide bonds. The Morgan fingerprint density at radius 3 is 2.16 bits per heavy atom. The molecule has 0 spiro atoms. The Kier molecular flexibility index (Phi) is 6.24. The summed E-state index contributed by atoms with van der Waals surface area (Å²) in [5.74, 6) is 0.640. The third kappa shape index (κ3) is 5.35. The summed E-state index contributed by atoms with van der Waals surface area (Å²) in [4.78, 5) is 12.6. The molecule has 2 atom stereocenters. The van der Waals surface area contributed by atoms with E-state index >= 15 is 0 Å². The van der Waals surface area contributed by atoms with E-state index < -0.39 is 6.10 Å². The van der Waals surface area contributed by atoms with Crippen molar-refractivity contribution in [2.75, 3.05) is 0 Å². The van der Waals surface area contributed by atoms with Crippen LogP contribution in [-0.4, -0.2) is 12.0 Å². The predicted molar refractivity (Wildman–Crippen MR) is 103 cm³/mol. The number of ether oxygens (including phenoxy) is 1. The van der Waals surface area contributed by atoms with E-state index in [4.69, 9.17) is 4.74 Å². The van der Waals surface area contributed by atoms with Gasteiger partial charge in [-0.1, -0.05) is 70.2 Å². The zero-order valence-corrected chi connectivity index (χ0v) is 15.9. The molecule has 134 valence electrons. The third-order valence-electron chi connectivity index (χ3n) is 4.32. The van der Waals surface area contributed by atoms with E-state index in [0.717, 1.165) is 11.3 Å². The Labute approximate surface area is 151 Å². The third-order valence-corrected chi connectivity index (χ3v) is 4.32. The highest BCUT2D eigenvalue weighted by atomic mass is 16.5. The molecule has 0 bridgehead atoms. The maximum absolute atomic E-state index is 12.6.